The third kappa shape index (κ3) is 4.05. The van der Waals surface area contributed by atoms with E-state index in [0.717, 1.165) is 34.0 Å². The van der Waals surface area contributed by atoms with Crippen molar-refractivity contribution < 1.29 is 18.9 Å². The summed E-state index contributed by atoms with van der Waals surface area (Å²) < 4.78 is 23.5. The molecule has 8 nitrogen and oxygen atoms in total. The predicted molar refractivity (Wildman–Crippen MR) is 118 cm³/mol. The van der Waals surface area contributed by atoms with Gasteiger partial charge in [0, 0.05) is 42.2 Å². The van der Waals surface area contributed by atoms with Gasteiger partial charge in [-0.2, -0.15) is 0 Å². The lowest BCUT2D eigenvalue weighted by atomic mass is 10.1. The molecule has 0 unspecified atom stereocenters. The zero-order valence-corrected chi connectivity index (χ0v) is 17.9. The standard InChI is InChI=1S/C23H24N4O4/c1-28-17-7-5-16(20(12-17)30-3)14-25-23-26-18(13-22-24-9-10-27(22)23)15-6-8-19(29-2)21(11-15)31-4/h5-13H,14H2,1-4H3,(H,25,26). The van der Waals surface area contributed by atoms with Gasteiger partial charge < -0.3 is 24.3 Å². The van der Waals surface area contributed by atoms with Crippen LogP contribution in [0.3, 0.4) is 0 Å². The van der Waals surface area contributed by atoms with E-state index < -0.39 is 0 Å². The number of nitrogens with one attached hydrogen (secondary N) is 1. The Morgan fingerprint density at radius 3 is 2.39 bits per heavy atom. The number of aromatic nitrogens is 3. The number of hydrogen-bond acceptors (Lipinski definition) is 7. The monoisotopic (exact) mass is 420 g/mol. The smallest absolute Gasteiger partial charge is 0.209 e. The van der Waals surface area contributed by atoms with E-state index in [9.17, 15) is 0 Å². The van der Waals surface area contributed by atoms with Gasteiger partial charge in [0.15, 0.2) is 11.5 Å². The van der Waals surface area contributed by atoms with Crippen LogP contribution < -0.4 is 24.3 Å². The van der Waals surface area contributed by atoms with Gasteiger partial charge in [0.25, 0.3) is 0 Å². The fraction of sp³-hybridized carbons (Fsp3) is 0.217. The number of fused-ring (bicyclic) bond motifs is 1. The number of rotatable bonds is 8. The van der Waals surface area contributed by atoms with Crippen LogP contribution in [0.5, 0.6) is 23.0 Å². The summed E-state index contributed by atoms with van der Waals surface area (Å²) in [5.74, 6) is 3.45. The fourth-order valence-corrected chi connectivity index (χ4v) is 3.36. The normalized spacial score (nSPS) is 10.7. The van der Waals surface area contributed by atoms with Gasteiger partial charge in [-0.05, 0) is 30.3 Å². The van der Waals surface area contributed by atoms with E-state index in [1.807, 2.05) is 53.1 Å². The number of nitrogens with zero attached hydrogens (tertiary/aromatic N) is 3. The highest BCUT2D eigenvalue weighted by Gasteiger charge is 2.12. The Kier molecular flexibility index (Phi) is 5.79. The van der Waals surface area contributed by atoms with Gasteiger partial charge in [-0.25, -0.2) is 9.97 Å². The molecule has 160 valence electrons. The highest BCUT2D eigenvalue weighted by Crippen LogP contribution is 2.32. The van der Waals surface area contributed by atoms with Crippen molar-refractivity contribution >= 4 is 11.6 Å². The summed E-state index contributed by atoms with van der Waals surface area (Å²) >= 11 is 0. The lowest BCUT2D eigenvalue weighted by Crippen LogP contribution is -2.08. The minimum Gasteiger partial charge on any atom is -0.497 e. The van der Waals surface area contributed by atoms with Gasteiger partial charge in [-0.1, -0.05) is 0 Å². The van der Waals surface area contributed by atoms with Crippen LogP contribution in [0.1, 0.15) is 5.56 Å². The number of benzene rings is 2. The average molecular weight is 420 g/mol. The molecule has 0 saturated carbocycles. The molecule has 0 aliphatic rings. The Bertz CT molecular complexity index is 1210. The number of methoxy groups -OCH3 is 4. The highest BCUT2D eigenvalue weighted by molar-refractivity contribution is 5.69. The summed E-state index contributed by atoms with van der Waals surface area (Å²) in [5.41, 5.74) is 3.43. The van der Waals surface area contributed by atoms with Crippen LogP contribution in [0.15, 0.2) is 54.9 Å². The molecule has 1 N–H and O–H groups in total. The minimum atomic E-state index is 0.517. The van der Waals surface area contributed by atoms with E-state index in [4.69, 9.17) is 23.9 Å². The fourth-order valence-electron chi connectivity index (χ4n) is 3.36. The Balaban J connectivity index is 1.69. The van der Waals surface area contributed by atoms with Crippen molar-refractivity contribution in [3.8, 4) is 34.3 Å². The second-order valence-electron chi connectivity index (χ2n) is 6.72. The van der Waals surface area contributed by atoms with Crippen LogP contribution in [0.25, 0.3) is 16.9 Å². The second-order valence-corrected chi connectivity index (χ2v) is 6.72. The molecule has 2 aromatic carbocycles. The van der Waals surface area contributed by atoms with Gasteiger partial charge in [0.05, 0.1) is 34.1 Å². The van der Waals surface area contributed by atoms with Gasteiger partial charge in [-0.15, -0.1) is 0 Å². The van der Waals surface area contributed by atoms with Crippen molar-refractivity contribution in [2.24, 2.45) is 0 Å². The van der Waals surface area contributed by atoms with Gasteiger partial charge in [0.2, 0.25) is 5.95 Å². The first-order valence-electron chi connectivity index (χ1n) is 9.68. The molecular weight excluding hydrogens is 396 g/mol. The van der Waals surface area contributed by atoms with Crippen molar-refractivity contribution in [2.75, 3.05) is 33.8 Å². The van der Waals surface area contributed by atoms with E-state index in [2.05, 4.69) is 10.3 Å². The molecule has 0 fully saturated rings. The van der Waals surface area contributed by atoms with Crippen LogP contribution in [0.4, 0.5) is 5.95 Å². The molecule has 0 bridgehead atoms. The summed E-state index contributed by atoms with van der Waals surface area (Å²) in [4.78, 5) is 9.27. The first kappa shape index (κ1) is 20.3. The van der Waals surface area contributed by atoms with Gasteiger partial charge in [0.1, 0.15) is 17.1 Å². The largest absolute Gasteiger partial charge is 0.497 e. The number of hydrogen-bond donors (Lipinski definition) is 1. The lowest BCUT2D eigenvalue weighted by molar-refractivity contribution is 0.355. The van der Waals surface area contributed by atoms with E-state index in [0.29, 0.717) is 24.0 Å². The zero-order valence-electron chi connectivity index (χ0n) is 17.9. The third-order valence-corrected chi connectivity index (χ3v) is 5.00. The summed E-state index contributed by atoms with van der Waals surface area (Å²) in [6, 6.07) is 13.4. The van der Waals surface area contributed by atoms with Crippen LogP contribution in [-0.4, -0.2) is 42.8 Å². The number of anilines is 1. The summed E-state index contributed by atoms with van der Waals surface area (Å²) in [6.07, 6.45) is 3.61. The molecule has 0 amide bonds. The predicted octanol–water partition coefficient (Wildman–Crippen LogP) is 4.04. The topological polar surface area (TPSA) is 79.1 Å². The van der Waals surface area contributed by atoms with Crippen molar-refractivity contribution in [2.45, 2.75) is 6.54 Å². The van der Waals surface area contributed by atoms with Crippen LogP contribution >= 0.6 is 0 Å². The molecule has 0 aliphatic heterocycles. The maximum absolute atomic E-state index is 5.50. The molecule has 0 spiro atoms. The van der Waals surface area contributed by atoms with E-state index in [1.54, 1.807) is 34.6 Å². The first-order valence-corrected chi connectivity index (χ1v) is 9.68. The number of ether oxygens (including phenoxy) is 4. The van der Waals surface area contributed by atoms with E-state index >= 15 is 0 Å². The SMILES string of the molecule is COc1ccc(CNc2nc(-c3ccc(OC)c(OC)c3)cc3nccn23)c(OC)c1. The Morgan fingerprint density at radius 2 is 1.65 bits per heavy atom. The lowest BCUT2D eigenvalue weighted by Gasteiger charge is -2.14. The number of imidazole rings is 1. The third-order valence-electron chi connectivity index (χ3n) is 5.00. The molecule has 0 radical (unpaired) electrons. The molecule has 2 heterocycles. The Morgan fingerprint density at radius 1 is 0.839 bits per heavy atom. The van der Waals surface area contributed by atoms with E-state index in [-0.39, 0.29) is 0 Å². The minimum absolute atomic E-state index is 0.517. The van der Waals surface area contributed by atoms with Crippen LogP contribution in [0, 0.1) is 0 Å². The average Bonchev–Trinajstić information content (AvgIpc) is 3.30. The van der Waals surface area contributed by atoms with Gasteiger partial charge in [-0.3, -0.25) is 4.40 Å². The van der Waals surface area contributed by atoms with Crippen LogP contribution in [0.2, 0.25) is 0 Å². The van der Waals surface area contributed by atoms with Crippen LogP contribution in [-0.2, 0) is 6.54 Å². The maximum atomic E-state index is 5.50. The highest BCUT2D eigenvalue weighted by atomic mass is 16.5. The summed E-state index contributed by atoms with van der Waals surface area (Å²) in [6.45, 7) is 0.517. The second kappa shape index (κ2) is 8.83. The zero-order chi connectivity index (χ0) is 21.8. The molecule has 0 atom stereocenters. The molecule has 0 aliphatic carbocycles. The molecule has 4 aromatic rings. The summed E-state index contributed by atoms with van der Waals surface area (Å²) in [5, 5.41) is 3.40. The molecule has 4 rings (SSSR count). The molecular formula is C23H24N4O4. The summed E-state index contributed by atoms with van der Waals surface area (Å²) in [7, 11) is 6.50. The molecule has 2 aromatic heterocycles. The van der Waals surface area contributed by atoms with Crippen molar-refractivity contribution in [3.63, 3.8) is 0 Å². The first-order chi connectivity index (χ1) is 15.2. The Hall–Kier alpha value is -3.94. The quantitative estimate of drug-likeness (QED) is 0.461. The Labute approximate surface area is 180 Å². The molecule has 31 heavy (non-hydrogen) atoms. The molecule has 8 heteroatoms. The van der Waals surface area contributed by atoms with Crippen molar-refractivity contribution in [1.29, 1.82) is 0 Å². The van der Waals surface area contributed by atoms with Crippen molar-refractivity contribution in [1.82, 2.24) is 14.4 Å². The van der Waals surface area contributed by atoms with Crippen molar-refractivity contribution in [3.05, 3.63) is 60.4 Å². The maximum Gasteiger partial charge on any atom is 0.209 e. The van der Waals surface area contributed by atoms with E-state index in [1.165, 1.54) is 0 Å². The molecule has 0 saturated heterocycles. The van der Waals surface area contributed by atoms with Gasteiger partial charge >= 0.3 is 0 Å².